The van der Waals surface area contributed by atoms with Crippen molar-refractivity contribution in [3.63, 3.8) is 0 Å². The van der Waals surface area contributed by atoms with E-state index >= 15 is 0 Å². The van der Waals surface area contributed by atoms with Crippen LogP contribution in [0, 0.1) is 24.7 Å². The zero-order valence-electron chi connectivity index (χ0n) is 45.0. The van der Waals surface area contributed by atoms with Crippen LogP contribution in [0.4, 0.5) is 22.7 Å². The number of aromatic nitrogens is 2. The first kappa shape index (κ1) is 45.2. The van der Waals surface area contributed by atoms with Crippen LogP contribution in [0.25, 0.3) is 38.8 Å². The molecule has 22 rings (SSSR count). The molecule has 10 aliphatic carbocycles. The lowest BCUT2D eigenvalue weighted by Gasteiger charge is -2.57. The summed E-state index contributed by atoms with van der Waals surface area (Å²) in [6.45, 7) is 2.91. The van der Waals surface area contributed by atoms with Gasteiger partial charge in [0, 0.05) is 69.7 Å². The SMILES string of the molecule is Cc1cc(-n2c3ccccc3c3ccc(Oc4cccc(N5CN(c6ccc7c(c6)C6c8ccccc8C7C7c8ccccc8C6c6ccccc67)c6ccccc65)c4)cc32)ncc1-c1ccc(C23CC4CC(CC(C4)C2)C3)cc1. The number of hydrogen-bond acceptors (Lipinski definition) is 4. The zero-order valence-corrected chi connectivity index (χ0v) is 45.0. The fourth-order valence-electron chi connectivity index (χ4n) is 17.8. The van der Waals surface area contributed by atoms with Gasteiger partial charge in [-0.15, -0.1) is 0 Å². The van der Waals surface area contributed by atoms with Gasteiger partial charge in [0.1, 0.15) is 24.0 Å². The van der Waals surface area contributed by atoms with E-state index in [2.05, 4.69) is 240 Å². The first-order valence-electron chi connectivity index (χ1n) is 29.4. The monoisotopic (exact) mass is 1030 g/mol. The molecule has 1 aliphatic heterocycles. The lowest BCUT2D eigenvalue weighted by atomic mass is 9.48. The highest BCUT2D eigenvalue weighted by atomic mass is 16.5. The Balaban J connectivity index is 0.658. The Morgan fingerprint density at radius 1 is 0.438 bits per heavy atom. The minimum absolute atomic E-state index is 0.189. The molecule has 4 saturated carbocycles. The zero-order chi connectivity index (χ0) is 52.4. The van der Waals surface area contributed by atoms with Gasteiger partial charge >= 0.3 is 0 Å². The predicted molar refractivity (Wildman–Crippen MR) is 324 cm³/mol. The maximum absolute atomic E-state index is 6.90. The Bertz CT molecular complexity index is 4290. The van der Waals surface area contributed by atoms with E-state index < -0.39 is 0 Å². The highest BCUT2D eigenvalue weighted by Gasteiger charge is 2.52. The maximum atomic E-state index is 6.90. The van der Waals surface area contributed by atoms with E-state index in [-0.39, 0.29) is 23.7 Å². The summed E-state index contributed by atoms with van der Waals surface area (Å²) in [4.78, 5) is 10.2. The quantitative estimate of drug-likeness (QED) is 0.159. The number of anilines is 4. The van der Waals surface area contributed by atoms with E-state index in [0.29, 0.717) is 12.1 Å². The lowest BCUT2D eigenvalue weighted by molar-refractivity contribution is -0.00518. The molecule has 0 amide bonds. The Labute approximate surface area is 467 Å². The summed E-state index contributed by atoms with van der Waals surface area (Å²) in [7, 11) is 0. The molecule has 80 heavy (non-hydrogen) atoms. The van der Waals surface area contributed by atoms with E-state index in [0.717, 1.165) is 51.8 Å². The van der Waals surface area contributed by atoms with Gasteiger partial charge in [-0.05, 0) is 190 Å². The molecule has 386 valence electrons. The number of fused-ring (bicyclic) bond motifs is 4. The maximum Gasteiger partial charge on any atom is 0.137 e. The van der Waals surface area contributed by atoms with Gasteiger partial charge in [-0.1, -0.05) is 140 Å². The van der Waals surface area contributed by atoms with Crippen molar-refractivity contribution < 1.29 is 4.74 Å². The van der Waals surface area contributed by atoms with Crippen LogP contribution in [-0.2, 0) is 5.41 Å². The molecule has 2 aromatic heterocycles. The van der Waals surface area contributed by atoms with E-state index in [1.165, 1.54) is 128 Å². The molecule has 11 aliphatic rings. The van der Waals surface area contributed by atoms with Gasteiger partial charge in [0.05, 0.1) is 22.4 Å². The molecule has 11 aromatic rings. The van der Waals surface area contributed by atoms with E-state index in [4.69, 9.17) is 9.72 Å². The van der Waals surface area contributed by atoms with Gasteiger partial charge in [0.25, 0.3) is 0 Å². The smallest absolute Gasteiger partial charge is 0.137 e. The van der Waals surface area contributed by atoms with Crippen LogP contribution in [0.2, 0.25) is 0 Å². The van der Waals surface area contributed by atoms with Gasteiger partial charge in [-0.25, -0.2) is 4.98 Å². The summed E-state index contributed by atoms with van der Waals surface area (Å²) in [5.41, 5.74) is 24.3. The first-order valence-corrected chi connectivity index (χ1v) is 29.4. The number of pyridine rings is 1. The van der Waals surface area contributed by atoms with E-state index in [9.17, 15) is 0 Å². The summed E-state index contributed by atoms with van der Waals surface area (Å²) in [5, 5.41) is 2.37. The molecule has 2 unspecified atom stereocenters. The Hall–Kier alpha value is -8.67. The fraction of sp³-hybridized carbons (Fsp3) is 0.213. The molecule has 0 radical (unpaired) electrons. The van der Waals surface area contributed by atoms with Crippen molar-refractivity contribution in [2.45, 2.75) is 74.5 Å². The largest absolute Gasteiger partial charge is 0.457 e. The third-order valence-electron chi connectivity index (χ3n) is 20.6. The number of benzene rings is 9. The second-order valence-electron chi connectivity index (χ2n) is 24.9. The number of para-hydroxylation sites is 3. The number of rotatable bonds is 7. The number of ether oxygens (including phenoxy) is 1. The van der Waals surface area contributed by atoms with Crippen molar-refractivity contribution in [1.82, 2.24) is 9.55 Å². The van der Waals surface area contributed by atoms with Crippen molar-refractivity contribution in [3.8, 4) is 28.4 Å². The summed E-state index contributed by atoms with van der Waals surface area (Å²) in [6, 6.07) is 80.0. The molecular weight excluding hydrogens is 973 g/mol. The summed E-state index contributed by atoms with van der Waals surface area (Å²) in [5.74, 6) is 6.18. The Kier molecular flexibility index (Phi) is 9.57. The van der Waals surface area contributed by atoms with Gasteiger partial charge in [-0.3, -0.25) is 4.57 Å². The third kappa shape index (κ3) is 6.55. The molecule has 4 fully saturated rings. The molecule has 5 heteroatoms. The van der Waals surface area contributed by atoms with Gasteiger partial charge < -0.3 is 14.5 Å². The molecule has 3 heterocycles. The van der Waals surface area contributed by atoms with Crippen LogP contribution in [0.3, 0.4) is 0 Å². The topological polar surface area (TPSA) is 33.5 Å². The third-order valence-corrected chi connectivity index (χ3v) is 20.6. The Morgan fingerprint density at radius 3 is 1.57 bits per heavy atom. The summed E-state index contributed by atoms with van der Waals surface area (Å²) in [6.07, 6.45) is 10.7. The number of hydrogen-bond donors (Lipinski definition) is 0. The van der Waals surface area contributed by atoms with Crippen molar-refractivity contribution in [1.29, 1.82) is 0 Å². The van der Waals surface area contributed by atoms with Crippen LogP contribution in [-0.4, -0.2) is 16.2 Å². The minimum atomic E-state index is 0.189. The highest BCUT2D eigenvalue weighted by molar-refractivity contribution is 6.09. The van der Waals surface area contributed by atoms with E-state index in [1.54, 1.807) is 5.56 Å². The minimum Gasteiger partial charge on any atom is -0.457 e. The van der Waals surface area contributed by atoms with Crippen LogP contribution in [0.1, 0.15) is 118 Å². The number of aryl methyl sites for hydroxylation is 1. The van der Waals surface area contributed by atoms with Gasteiger partial charge in [0.15, 0.2) is 0 Å². The lowest BCUT2D eigenvalue weighted by Crippen LogP contribution is -2.48. The van der Waals surface area contributed by atoms with Crippen LogP contribution >= 0.6 is 0 Å². The average Bonchev–Trinajstić information content (AvgIpc) is 4.17. The fourth-order valence-corrected chi connectivity index (χ4v) is 17.8. The summed E-state index contributed by atoms with van der Waals surface area (Å²) < 4.78 is 9.21. The number of nitrogens with zero attached hydrogens (tertiary/aromatic N) is 4. The van der Waals surface area contributed by atoms with Crippen molar-refractivity contribution in [2.75, 3.05) is 16.5 Å². The van der Waals surface area contributed by atoms with Crippen LogP contribution in [0.15, 0.2) is 219 Å². The van der Waals surface area contributed by atoms with Crippen molar-refractivity contribution in [3.05, 3.63) is 274 Å². The Morgan fingerprint density at radius 2 is 0.963 bits per heavy atom. The highest BCUT2D eigenvalue weighted by Crippen LogP contribution is 2.65. The molecule has 2 atom stereocenters. The van der Waals surface area contributed by atoms with E-state index in [1.807, 2.05) is 0 Å². The van der Waals surface area contributed by atoms with Crippen molar-refractivity contribution in [2.24, 2.45) is 17.8 Å². The molecule has 5 nitrogen and oxygen atoms in total. The molecule has 8 bridgehead atoms. The molecule has 0 N–H and O–H groups in total. The second-order valence-corrected chi connectivity index (χ2v) is 24.9. The first-order chi connectivity index (χ1) is 39.5. The molecule has 0 spiro atoms. The standard InChI is InChI=1S/C75H60N4O/c1-45-33-70(76-43-65(45)49-25-27-50(28-26-49)75-40-46-34-47(41-75)36-48(35-46)42-75)79-66-22-9-8-15-55(66)56-32-30-54(39-69(56)79)80-53-14-12-13-51(37-53)77-44-78(68-24-11-10-23-67(68)77)52-29-31-63-64(38-52)74-62-21-7-6-20-61(62)73(63)71-57-16-2-4-18-59(57)72(74)60-19-5-3-17-58(60)71/h2-33,37-39,43,46-48,71-74H,34-36,40-42,44H2,1H3. The summed E-state index contributed by atoms with van der Waals surface area (Å²) >= 11 is 0. The average molecular weight is 1030 g/mol. The molecule has 9 aromatic carbocycles. The van der Waals surface area contributed by atoms with Crippen LogP contribution < -0.4 is 14.5 Å². The molecule has 0 saturated heterocycles. The predicted octanol–water partition coefficient (Wildman–Crippen LogP) is 18.5. The normalized spacial score (nSPS) is 24.1. The van der Waals surface area contributed by atoms with Gasteiger partial charge in [0.2, 0.25) is 0 Å². The van der Waals surface area contributed by atoms with Gasteiger partial charge in [-0.2, -0.15) is 0 Å². The second kappa shape index (κ2) is 16.9. The molecular formula is C75H60N4O. The van der Waals surface area contributed by atoms with Crippen molar-refractivity contribution >= 4 is 44.6 Å². The van der Waals surface area contributed by atoms with Crippen LogP contribution in [0.5, 0.6) is 11.5 Å².